The first-order valence-corrected chi connectivity index (χ1v) is 7.66. The van der Waals surface area contributed by atoms with Crippen LogP contribution in [0.3, 0.4) is 0 Å². The molecule has 8 nitrogen and oxygen atoms in total. The normalized spacial score (nSPS) is 14.8. The molecule has 0 saturated carbocycles. The summed E-state index contributed by atoms with van der Waals surface area (Å²) in [6.07, 6.45) is 0. The maximum Gasteiger partial charge on any atom is 0.355 e. The Morgan fingerprint density at radius 2 is 1.92 bits per heavy atom. The van der Waals surface area contributed by atoms with Gasteiger partial charge in [-0.3, -0.25) is 0 Å². The molecule has 0 amide bonds. The van der Waals surface area contributed by atoms with E-state index < -0.39 is 11.9 Å². The molecule has 0 spiro atoms. The standard InChI is InChI=1S/C17H19N3O5/c1-10-18-13-7-11(5-6-14(13)19(10)2)20-9-25-8-12(16(21)23-3)15(20)17(22)24-4/h5-7H,8-9H2,1-4H3. The Morgan fingerprint density at radius 3 is 2.60 bits per heavy atom. The molecule has 1 aromatic heterocycles. The largest absolute Gasteiger partial charge is 0.466 e. The number of carbonyl (C=O) groups is 2. The third kappa shape index (κ3) is 2.85. The number of nitrogens with zero attached hydrogens (tertiary/aromatic N) is 3. The van der Waals surface area contributed by atoms with Crippen molar-refractivity contribution in [1.82, 2.24) is 9.55 Å². The molecule has 1 aromatic carbocycles. The van der Waals surface area contributed by atoms with E-state index in [-0.39, 0.29) is 24.6 Å². The van der Waals surface area contributed by atoms with E-state index in [0.717, 1.165) is 16.9 Å². The number of fused-ring (bicyclic) bond motifs is 1. The minimum Gasteiger partial charge on any atom is -0.466 e. The van der Waals surface area contributed by atoms with Crippen molar-refractivity contribution in [2.75, 3.05) is 32.5 Å². The van der Waals surface area contributed by atoms with Crippen molar-refractivity contribution < 1.29 is 23.8 Å². The van der Waals surface area contributed by atoms with Crippen LogP contribution in [0.1, 0.15) is 5.82 Å². The molecule has 0 bridgehead atoms. The second-order valence-electron chi connectivity index (χ2n) is 5.61. The Morgan fingerprint density at radius 1 is 1.20 bits per heavy atom. The molecule has 0 N–H and O–H groups in total. The first-order chi connectivity index (χ1) is 12.0. The Labute approximate surface area is 144 Å². The molecule has 2 aromatic rings. The topological polar surface area (TPSA) is 82.9 Å². The zero-order valence-corrected chi connectivity index (χ0v) is 14.5. The van der Waals surface area contributed by atoms with Crippen molar-refractivity contribution in [2.24, 2.45) is 7.05 Å². The lowest BCUT2D eigenvalue weighted by Gasteiger charge is -2.31. The molecule has 0 atom stereocenters. The van der Waals surface area contributed by atoms with E-state index in [1.165, 1.54) is 14.2 Å². The number of esters is 2. The summed E-state index contributed by atoms with van der Waals surface area (Å²) in [6, 6.07) is 5.59. The Bertz CT molecular complexity index is 884. The smallest absolute Gasteiger partial charge is 0.355 e. The monoisotopic (exact) mass is 345 g/mol. The van der Waals surface area contributed by atoms with E-state index in [2.05, 4.69) is 4.98 Å². The van der Waals surface area contributed by atoms with Gasteiger partial charge in [-0.05, 0) is 25.1 Å². The molecule has 25 heavy (non-hydrogen) atoms. The number of hydrogen-bond acceptors (Lipinski definition) is 7. The Kier molecular flexibility index (Phi) is 4.45. The maximum absolute atomic E-state index is 12.3. The summed E-state index contributed by atoms with van der Waals surface area (Å²) in [5.74, 6) is -0.373. The van der Waals surface area contributed by atoms with Gasteiger partial charge in [0.15, 0.2) is 0 Å². The average Bonchev–Trinajstić information content (AvgIpc) is 2.93. The van der Waals surface area contributed by atoms with Crippen LogP contribution < -0.4 is 4.90 Å². The van der Waals surface area contributed by atoms with Gasteiger partial charge in [-0.2, -0.15) is 0 Å². The minimum atomic E-state index is -0.625. The number of aromatic nitrogens is 2. The van der Waals surface area contributed by atoms with Gasteiger partial charge in [0, 0.05) is 12.7 Å². The van der Waals surface area contributed by atoms with Crippen LogP contribution in [0.15, 0.2) is 29.5 Å². The summed E-state index contributed by atoms with van der Waals surface area (Å²) in [5, 5.41) is 0. The zero-order valence-electron chi connectivity index (χ0n) is 14.5. The molecular weight excluding hydrogens is 326 g/mol. The van der Waals surface area contributed by atoms with Crippen LogP contribution >= 0.6 is 0 Å². The fraction of sp³-hybridized carbons (Fsp3) is 0.353. The summed E-state index contributed by atoms with van der Waals surface area (Å²) < 4.78 is 17.1. The van der Waals surface area contributed by atoms with Crippen molar-refractivity contribution >= 4 is 28.7 Å². The molecule has 0 saturated heterocycles. The molecular formula is C17H19N3O5. The highest BCUT2D eigenvalue weighted by Crippen LogP contribution is 2.29. The van der Waals surface area contributed by atoms with Crippen molar-refractivity contribution in [2.45, 2.75) is 6.92 Å². The zero-order chi connectivity index (χ0) is 18.1. The molecule has 0 fully saturated rings. The second kappa shape index (κ2) is 6.56. The highest BCUT2D eigenvalue weighted by Gasteiger charge is 2.32. The maximum atomic E-state index is 12.3. The van der Waals surface area contributed by atoms with Gasteiger partial charge in [-0.15, -0.1) is 0 Å². The number of hydrogen-bond donors (Lipinski definition) is 0. The fourth-order valence-electron chi connectivity index (χ4n) is 2.82. The number of ether oxygens (including phenoxy) is 3. The molecule has 0 unspecified atom stereocenters. The summed E-state index contributed by atoms with van der Waals surface area (Å²) in [5.41, 5.74) is 2.67. The minimum absolute atomic E-state index is 0.0153. The van der Waals surface area contributed by atoms with Gasteiger partial charge < -0.3 is 23.7 Å². The summed E-state index contributed by atoms with van der Waals surface area (Å²) in [4.78, 5) is 30.4. The highest BCUT2D eigenvalue weighted by molar-refractivity contribution is 6.03. The van der Waals surface area contributed by atoms with E-state index in [4.69, 9.17) is 14.2 Å². The van der Waals surface area contributed by atoms with Crippen LogP contribution in [0.5, 0.6) is 0 Å². The van der Waals surface area contributed by atoms with E-state index in [0.29, 0.717) is 5.69 Å². The predicted octanol–water partition coefficient (Wildman–Crippen LogP) is 1.28. The third-order valence-corrected chi connectivity index (χ3v) is 4.23. The van der Waals surface area contributed by atoms with Gasteiger partial charge in [0.25, 0.3) is 0 Å². The number of anilines is 1. The average molecular weight is 345 g/mol. The van der Waals surface area contributed by atoms with Crippen molar-refractivity contribution in [3.05, 3.63) is 35.3 Å². The van der Waals surface area contributed by atoms with Crippen LogP contribution in [0.2, 0.25) is 0 Å². The van der Waals surface area contributed by atoms with Gasteiger partial charge >= 0.3 is 11.9 Å². The second-order valence-corrected chi connectivity index (χ2v) is 5.61. The van der Waals surface area contributed by atoms with Crippen LogP contribution in [-0.4, -0.2) is 49.0 Å². The van der Waals surface area contributed by atoms with E-state index >= 15 is 0 Å². The number of methoxy groups -OCH3 is 2. The van der Waals surface area contributed by atoms with E-state index in [1.807, 2.05) is 36.7 Å². The van der Waals surface area contributed by atoms with Crippen LogP contribution in [0.4, 0.5) is 5.69 Å². The van der Waals surface area contributed by atoms with Crippen LogP contribution in [0.25, 0.3) is 11.0 Å². The molecule has 0 radical (unpaired) electrons. The molecule has 1 aliphatic heterocycles. The molecule has 8 heteroatoms. The van der Waals surface area contributed by atoms with E-state index in [1.54, 1.807) is 4.90 Å². The van der Waals surface area contributed by atoms with E-state index in [9.17, 15) is 9.59 Å². The third-order valence-electron chi connectivity index (χ3n) is 4.23. The molecule has 1 aliphatic rings. The van der Waals surface area contributed by atoms with Crippen LogP contribution in [0, 0.1) is 6.92 Å². The summed E-state index contributed by atoms with van der Waals surface area (Å²) >= 11 is 0. The number of rotatable bonds is 3. The number of aryl methyl sites for hydroxylation is 2. The number of benzene rings is 1. The predicted molar refractivity (Wildman–Crippen MR) is 89.8 cm³/mol. The number of carbonyl (C=O) groups excluding carboxylic acids is 2. The first-order valence-electron chi connectivity index (χ1n) is 7.66. The molecule has 132 valence electrons. The van der Waals surface area contributed by atoms with Gasteiger partial charge in [-0.25, -0.2) is 14.6 Å². The molecule has 2 heterocycles. The highest BCUT2D eigenvalue weighted by atomic mass is 16.5. The van der Waals surface area contributed by atoms with Crippen LogP contribution in [-0.2, 0) is 30.8 Å². The number of imidazole rings is 1. The van der Waals surface area contributed by atoms with Crippen molar-refractivity contribution in [3.8, 4) is 0 Å². The quantitative estimate of drug-likeness (QED) is 0.775. The molecule has 3 rings (SSSR count). The Hall–Kier alpha value is -2.87. The molecule has 0 aliphatic carbocycles. The SMILES string of the molecule is COC(=O)C1=C(C(=O)OC)N(c2ccc3c(c2)nc(C)n3C)COC1. The first kappa shape index (κ1) is 17.0. The summed E-state index contributed by atoms with van der Waals surface area (Å²) in [7, 11) is 4.46. The van der Waals surface area contributed by atoms with Crippen molar-refractivity contribution in [3.63, 3.8) is 0 Å². The van der Waals surface area contributed by atoms with Gasteiger partial charge in [-0.1, -0.05) is 0 Å². The van der Waals surface area contributed by atoms with Gasteiger partial charge in [0.05, 0.1) is 37.4 Å². The lowest BCUT2D eigenvalue weighted by atomic mass is 10.1. The van der Waals surface area contributed by atoms with Crippen molar-refractivity contribution in [1.29, 1.82) is 0 Å². The lowest BCUT2D eigenvalue weighted by Crippen LogP contribution is -2.38. The summed E-state index contributed by atoms with van der Waals surface area (Å²) in [6.45, 7) is 2.01. The van der Waals surface area contributed by atoms with Gasteiger partial charge in [0.1, 0.15) is 18.3 Å². The lowest BCUT2D eigenvalue weighted by molar-refractivity contribution is -0.140. The fourth-order valence-corrected chi connectivity index (χ4v) is 2.82. The Balaban J connectivity index is 2.13. The van der Waals surface area contributed by atoms with Gasteiger partial charge in [0.2, 0.25) is 0 Å².